The first-order chi connectivity index (χ1) is 9.56. The van der Waals surface area contributed by atoms with Gasteiger partial charge in [0.2, 0.25) is 0 Å². The minimum atomic E-state index is -0.540. The molecule has 102 valence electrons. The van der Waals surface area contributed by atoms with Crippen LogP contribution in [0.25, 0.3) is 0 Å². The van der Waals surface area contributed by atoms with Crippen molar-refractivity contribution < 1.29 is 9.18 Å². The molecule has 2 aromatic carbocycles. The molecule has 0 saturated carbocycles. The van der Waals surface area contributed by atoms with E-state index in [1.807, 2.05) is 18.2 Å². The van der Waals surface area contributed by atoms with Crippen molar-refractivity contribution in [2.75, 3.05) is 10.6 Å². The summed E-state index contributed by atoms with van der Waals surface area (Å²) in [4.78, 5) is 12.0. The van der Waals surface area contributed by atoms with Crippen LogP contribution in [0, 0.1) is 5.82 Å². The van der Waals surface area contributed by atoms with E-state index in [4.69, 9.17) is 11.6 Å². The van der Waals surface area contributed by atoms with E-state index in [1.54, 1.807) is 6.07 Å². The molecule has 1 aliphatic heterocycles. The van der Waals surface area contributed by atoms with E-state index < -0.39 is 11.9 Å². The second kappa shape index (κ2) is 5.07. The maximum absolute atomic E-state index is 13.1. The normalized spacial score (nSPS) is 16.8. The highest BCUT2D eigenvalue weighted by atomic mass is 79.9. The van der Waals surface area contributed by atoms with E-state index in [1.165, 1.54) is 12.1 Å². The number of amides is 1. The van der Waals surface area contributed by atoms with E-state index in [0.717, 1.165) is 15.7 Å². The molecule has 0 saturated heterocycles. The fraction of sp³-hybridized carbons (Fsp3) is 0.0714. The standard InChI is InChI=1S/C14H9BrClFN2O/c15-8-2-1-3-11-12(8)13(14(20)19-11)18-7-4-5-10(17)9(16)6-7/h1-6,13,18H,(H,19,20). The number of anilines is 2. The molecule has 0 radical (unpaired) electrons. The molecule has 1 amide bonds. The number of nitrogens with one attached hydrogen (secondary N) is 2. The maximum Gasteiger partial charge on any atom is 0.251 e. The molecule has 0 aromatic heterocycles. The lowest BCUT2D eigenvalue weighted by molar-refractivity contribution is -0.116. The second-order valence-corrected chi connectivity index (χ2v) is 5.66. The number of carbonyl (C=O) groups excluding carboxylic acids is 1. The van der Waals surface area contributed by atoms with Gasteiger partial charge in [0.05, 0.1) is 5.02 Å². The molecular weight excluding hydrogens is 347 g/mol. The van der Waals surface area contributed by atoms with Crippen LogP contribution in [0.1, 0.15) is 11.6 Å². The van der Waals surface area contributed by atoms with Crippen LogP contribution in [0.15, 0.2) is 40.9 Å². The second-order valence-electron chi connectivity index (χ2n) is 4.40. The largest absolute Gasteiger partial charge is 0.370 e. The fourth-order valence-electron chi connectivity index (χ4n) is 2.17. The van der Waals surface area contributed by atoms with Crippen LogP contribution in [0.5, 0.6) is 0 Å². The number of hydrogen-bond donors (Lipinski definition) is 2. The van der Waals surface area contributed by atoms with Crippen molar-refractivity contribution in [3.8, 4) is 0 Å². The summed E-state index contributed by atoms with van der Waals surface area (Å²) in [5.74, 6) is -0.651. The van der Waals surface area contributed by atoms with Crippen LogP contribution in [0.2, 0.25) is 5.02 Å². The Kier molecular flexibility index (Phi) is 3.40. The zero-order valence-electron chi connectivity index (χ0n) is 10.1. The highest BCUT2D eigenvalue weighted by Gasteiger charge is 2.32. The molecule has 0 bridgehead atoms. The van der Waals surface area contributed by atoms with Gasteiger partial charge in [0, 0.05) is 21.4 Å². The summed E-state index contributed by atoms with van der Waals surface area (Å²) in [6, 6.07) is 9.27. The zero-order chi connectivity index (χ0) is 14.3. The van der Waals surface area contributed by atoms with Gasteiger partial charge in [-0.1, -0.05) is 33.6 Å². The van der Waals surface area contributed by atoms with Gasteiger partial charge in [0.15, 0.2) is 0 Å². The summed E-state index contributed by atoms with van der Waals surface area (Å²) in [6.07, 6.45) is 0. The van der Waals surface area contributed by atoms with E-state index in [9.17, 15) is 9.18 Å². The van der Waals surface area contributed by atoms with Gasteiger partial charge in [-0.3, -0.25) is 4.79 Å². The molecule has 0 fully saturated rings. The third kappa shape index (κ3) is 2.27. The predicted molar refractivity (Wildman–Crippen MR) is 80.5 cm³/mol. The van der Waals surface area contributed by atoms with Crippen molar-refractivity contribution in [2.24, 2.45) is 0 Å². The molecule has 1 unspecified atom stereocenters. The average Bonchev–Trinajstić information content (AvgIpc) is 2.72. The molecule has 0 spiro atoms. The Morgan fingerprint density at radius 2 is 2.10 bits per heavy atom. The Morgan fingerprint density at radius 3 is 2.85 bits per heavy atom. The Hall–Kier alpha value is -1.59. The molecule has 6 heteroatoms. The first kappa shape index (κ1) is 13.4. The molecule has 1 aliphatic rings. The van der Waals surface area contributed by atoms with Crippen LogP contribution in [0.3, 0.4) is 0 Å². The van der Waals surface area contributed by atoms with Crippen molar-refractivity contribution >= 4 is 44.8 Å². The zero-order valence-corrected chi connectivity index (χ0v) is 12.4. The highest BCUT2D eigenvalue weighted by molar-refractivity contribution is 9.10. The lowest BCUT2D eigenvalue weighted by Crippen LogP contribution is -2.19. The molecule has 2 aromatic rings. The molecule has 2 N–H and O–H groups in total. The number of carbonyl (C=O) groups is 1. The Morgan fingerprint density at radius 1 is 1.30 bits per heavy atom. The lowest BCUT2D eigenvalue weighted by Gasteiger charge is -2.14. The van der Waals surface area contributed by atoms with Crippen LogP contribution in [0.4, 0.5) is 15.8 Å². The van der Waals surface area contributed by atoms with Gasteiger partial charge in [0.1, 0.15) is 11.9 Å². The Balaban J connectivity index is 1.96. The van der Waals surface area contributed by atoms with E-state index in [-0.39, 0.29) is 10.9 Å². The van der Waals surface area contributed by atoms with Gasteiger partial charge in [-0.05, 0) is 30.3 Å². The van der Waals surface area contributed by atoms with Crippen LogP contribution >= 0.6 is 27.5 Å². The third-order valence-electron chi connectivity index (χ3n) is 3.09. The van der Waals surface area contributed by atoms with Crippen molar-refractivity contribution in [1.82, 2.24) is 0 Å². The number of benzene rings is 2. The minimum Gasteiger partial charge on any atom is -0.370 e. The molecule has 3 rings (SSSR count). The van der Waals surface area contributed by atoms with E-state index >= 15 is 0 Å². The molecular formula is C14H9BrClFN2O. The smallest absolute Gasteiger partial charge is 0.251 e. The minimum absolute atomic E-state index is 0.0146. The maximum atomic E-state index is 13.1. The Bertz CT molecular complexity index is 708. The van der Waals surface area contributed by atoms with Crippen molar-refractivity contribution in [1.29, 1.82) is 0 Å². The molecule has 1 atom stereocenters. The summed E-state index contributed by atoms with van der Waals surface area (Å²) in [6.45, 7) is 0. The summed E-state index contributed by atoms with van der Waals surface area (Å²) >= 11 is 9.18. The van der Waals surface area contributed by atoms with Gasteiger partial charge >= 0.3 is 0 Å². The first-order valence-electron chi connectivity index (χ1n) is 5.87. The first-order valence-corrected chi connectivity index (χ1v) is 7.04. The SMILES string of the molecule is O=C1Nc2cccc(Br)c2C1Nc1ccc(F)c(Cl)c1. The van der Waals surface area contributed by atoms with Gasteiger partial charge < -0.3 is 10.6 Å². The number of fused-ring (bicyclic) bond motifs is 1. The predicted octanol–water partition coefficient (Wildman–Crippen LogP) is 4.35. The quantitative estimate of drug-likeness (QED) is 0.841. The fourth-order valence-corrected chi connectivity index (χ4v) is 2.94. The summed E-state index contributed by atoms with van der Waals surface area (Å²) < 4.78 is 14.0. The molecule has 20 heavy (non-hydrogen) atoms. The van der Waals surface area contributed by atoms with Crippen LogP contribution in [-0.2, 0) is 4.79 Å². The summed E-state index contributed by atoms with van der Waals surface area (Å²) in [5, 5.41) is 5.87. The highest BCUT2D eigenvalue weighted by Crippen LogP contribution is 2.38. The topological polar surface area (TPSA) is 41.1 Å². The number of hydrogen-bond acceptors (Lipinski definition) is 2. The molecule has 3 nitrogen and oxygen atoms in total. The van der Waals surface area contributed by atoms with Crippen LogP contribution in [-0.4, -0.2) is 5.91 Å². The molecule has 0 aliphatic carbocycles. The number of rotatable bonds is 2. The average molecular weight is 356 g/mol. The van der Waals surface area contributed by atoms with Gasteiger partial charge in [-0.25, -0.2) is 4.39 Å². The van der Waals surface area contributed by atoms with Crippen LogP contribution < -0.4 is 10.6 Å². The molecule has 1 heterocycles. The summed E-state index contributed by atoms with van der Waals surface area (Å²) in [7, 11) is 0. The van der Waals surface area contributed by atoms with Gasteiger partial charge in [0.25, 0.3) is 5.91 Å². The van der Waals surface area contributed by atoms with Crippen molar-refractivity contribution in [2.45, 2.75) is 6.04 Å². The number of halogens is 3. The Labute approximate surface area is 128 Å². The monoisotopic (exact) mass is 354 g/mol. The summed E-state index contributed by atoms with van der Waals surface area (Å²) in [5.41, 5.74) is 2.17. The lowest BCUT2D eigenvalue weighted by atomic mass is 10.1. The van der Waals surface area contributed by atoms with E-state index in [0.29, 0.717) is 5.69 Å². The van der Waals surface area contributed by atoms with E-state index in [2.05, 4.69) is 26.6 Å². The van der Waals surface area contributed by atoms with Gasteiger partial charge in [-0.15, -0.1) is 0 Å². The van der Waals surface area contributed by atoms with Crippen molar-refractivity contribution in [3.63, 3.8) is 0 Å². The third-order valence-corrected chi connectivity index (χ3v) is 4.07. The van der Waals surface area contributed by atoms with Gasteiger partial charge in [-0.2, -0.15) is 0 Å². The van der Waals surface area contributed by atoms with Crippen molar-refractivity contribution in [3.05, 3.63) is 57.3 Å².